The fourth-order valence-corrected chi connectivity index (χ4v) is 5.07. The van der Waals surface area contributed by atoms with E-state index in [1.807, 2.05) is 69.4 Å². The molecule has 174 valence electrons. The Morgan fingerprint density at radius 3 is 2.59 bits per heavy atom. The molecule has 0 bridgehead atoms. The number of benzene rings is 2. The van der Waals surface area contributed by atoms with Gasteiger partial charge in [-0.05, 0) is 53.8 Å². The van der Waals surface area contributed by atoms with Gasteiger partial charge in [-0.25, -0.2) is 9.55 Å². The van der Waals surface area contributed by atoms with Crippen LogP contribution >= 0.6 is 15.9 Å². The fourth-order valence-electron chi connectivity index (χ4n) is 4.80. The second-order valence-electron chi connectivity index (χ2n) is 9.63. The number of pyridine rings is 1. The van der Waals surface area contributed by atoms with E-state index >= 15 is 0 Å². The summed E-state index contributed by atoms with van der Waals surface area (Å²) in [6.45, 7) is 7.07. The molecule has 2 heterocycles. The molecule has 6 nitrogen and oxygen atoms in total. The van der Waals surface area contributed by atoms with Crippen molar-refractivity contribution in [1.82, 2.24) is 9.97 Å². The quantitative estimate of drug-likeness (QED) is 0.321. The number of H-pyrrole nitrogens is 1. The van der Waals surface area contributed by atoms with Crippen molar-refractivity contribution < 1.29 is 19.2 Å². The first-order valence-electron chi connectivity index (χ1n) is 11.3. The lowest BCUT2D eigenvalue weighted by molar-refractivity contribution is -0.670. The SMILES string of the molecule is Cc1ccc(COc2ccc3[nH]c(C4[C@@H](C(=O)O)C4(C)C)[n+](Cc4ccc(Br)cc4)c3c2)nc1. The Kier molecular flexibility index (Phi) is 5.68. The van der Waals surface area contributed by atoms with Gasteiger partial charge in [-0.15, -0.1) is 0 Å². The Hall–Kier alpha value is -3.19. The molecule has 1 fully saturated rings. The van der Waals surface area contributed by atoms with Crippen LogP contribution in [0.3, 0.4) is 0 Å². The molecule has 0 radical (unpaired) electrons. The average Bonchev–Trinajstić information content (AvgIpc) is 3.22. The topological polar surface area (TPSA) is 79.1 Å². The van der Waals surface area contributed by atoms with E-state index in [0.717, 1.165) is 43.9 Å². The summed E-state index contributed by atoms with van der Waals surface area (Å²) >= 11 is 3.50. The maximum absolute atomic E-state index is 11.9. The van der Waals surface area contributed by atoms with E-state index in [4.69, 9.17) is 4.74 Å². The summed E-state index contributed by atoms with van der Waals surface area (Å²) in [5.74, 6) is 0.426. The number of hydrogen-bond donors (Lipinski definition) is 2. The fraction of sp³-hybridized carbons (Fsp3) is 0.296. The largest absolute Gasteiger partial charge is 0.487 e. The van der Waals surface area contributed by atoms with Crippen molar-refractivity contribution in [3.8, 4) is 5.75 Å². The second kappa shape index (κ2) is 8.55. The van der Waals surface area contributed by atoms with Crippen molar-refractivity contribution in [3.05, 3.63) is 87.9 Å². The summed E-state index contributed by atoms with van der Waals surface area (Å²) in [6.07, 6.45) is 1.84. The normalized spacial score (nSPS) is 18.7. The zero-order valence-corrected chi connectivity index (χ0v) is 21.0. The molecule has 1 saturated carbocycles. The van der Waals surface area contributed by atoms with Crippen LogP contribution < -0.4 is 9.30 Å². The minimum atomic E-state index is -0.751. The van der Waals surface area contributed by atoms with E-state index in [9.17, 15) is 9.90 Å². The number of fused-ring (bicyclic) bond motifs is 1. The third-order valence-electron chi connectivity index (χ3n) is 6.81. The number of carboxylic acids is 1. The van der Waals surface area contributed by atoms with Crippen LogP contribution in [-0.2, 0) is 17.9 Å². The van der Waals surface area contributed by atoms with E-state index in [2.05, 4.69) is 42.6 Å². The zero-order valence-electron chi connectivity index (χ0n) is 19.4. The second-order valence-corrected chi connectivity index (χ2v) is 10.5. The van der Waals surface area contributed by atoms with Gasteiger partial charge in [0.2, 0.25) is 0 Å². The molecular weight excluding hydrogens is 494 g/mol. The summed E-state index contributed by atoms with van der Waals surface area (Å²) in [5.41, 5.74) is 4.74. The van der Waals surface area contributed by atoms with Crippen LogP contribution in [0.5, 0.6) is 5.75 Å². The molecule has 0 spiro atoms. The monoisotopic (exact) mass is 520 g/mol. The van der Waals surface area contributed by atoms with Crippen LogP contribution in [0.15, 0.2) is 65.3 Å². The Morgan fingerprint density at radius 1 is 1.18 bits per heavy atom. The van der Waals surface area contributed by atoms with E-state index in [0.29, 0.717) is 13.2 Å². The standard InChI is InChI=1S/C27H26BrN3O3/c1-16-4-9-19(29-13-16)15-34-20-10-11-21-22(12-20)31(14-17-5-7-18(28)8-6-17)25(30-21)23-24(26(32)33)27(23,2)3/h4-13,23-24H,14-15H2,1-3H3,(H,32,33)/p+1/t23?,24-/m0/s1. The van der Waals surface area contributed by atoms with Crippen molar-refractivity contribution in [2.75, 3.05) is 0 Å². The molecule has 0 aliphatic heterocycles. The molecule has 1 aliphatic carbocycles. The van der Waals surface area contributed by atoms with Crippen LogP contribution in [0.25, 0.3) is 11.0 Å². The molecule has 1 unspecified atom stereocenters. The smallest absolute Gasteiger partial charge is 0.308 e. The first-order valence-corrected chi connectivity index (χ1v) is 12.1. The third kappa shape index (κ3) is 4.20. The van der Waals surface area contributed by atoms with Crippen LogP contribution in [0.4, 0.5) is 0 Å². The Balaban J connectivity index is 1.52. The van der Waals surface area contributed by atoms with Crippen LogP contribution in [0.1, 0.15) is 42.4 Å². The molecule has 4 aromatic rings. The highest BCUT2D eigenvalue weighted by molar-refractivity contribution is 9.10. The summed E-state index contributed by atoms with van der Waals surface area (Å²) in [4.78, 5) is 19.9. The van der Waals surface area contributed by atoms with Gasteiger partial charge in [0.15, 0.2) is 11.0 Å². The predicted molar refractivity (Wildman–Crippen MR) is 133 cm³/mol. The van der Waals surface area contributed by atoms with Gasteiger partial charge in [0.25, 0.3) is 5.82 Å². The molecular formula is C27H27BrN3O3+. The highest BCUT2D eigenvalue weighted by Crippen LogP contribution is 2.63. The minimum absolute atomic E-state index is 0.0889. The summed E-state index contributed by atoms with van der Waals surface area (Å²) in [5, 5.41) is 9.79. The number of rotatable bonds is 7. The Bertz CT molecular complexity index is 1360. The molecule has 2 atom stereocenters. The molecule has 0 saturated heterocycles. The van der Waals surface area contributed by atoms with E-state index < -0.39 is 11.9 Å². The summed E-state index contributed by atoms with van der Waals surface area (Å²) < 4.78 is 9.28. The number of ether oxygens (including phenoxy) is 1. The number of imidazole rings is 1. The summed E-state index contributed by atoms with van der Waals surface area (Å²) in [7, 11) is 0. The average molecular weight is 521 g/mol. The van der Waals surface area contributed by atoms with Gasteiger partial charge in [-0.2, -0.15) is 0 Å². The van der Waals surface area contributed by atoms with Crippen LogP contribution in [-0.4, -0.2) is 21.0 Å². The van der Waals surface area contributed by atoms with Crippen molar-refractivity contribution in [2.24, 2.45) is 11.3 Å². The highest BCUT2D eigenvalue weighted by atomic mass is 79.9. The number of nitrogens with zero attached hydrogens (tertiary/aromatic N) is 2. The number of aliphatic carboxylic acids is 1. The molecule has 2 aromatic carbocycles. The maximum atomic E-state index is 11.9. The molecule has 7 heteroatoms. The van der Waals surface area contributed by atoms with Crippen LogP contribution in [0, 0.1) is 18.3 Å². The van der Waals surface area contributed by atoms with Gasteiger partial charge < -0.3 is 9.84 Å². The number of aryl methyl sites for hydroxylation is 1. The molecule has 2 N–H and O–H groups in total. The van der Waals surface area contributed by atoms with Gasteiger partial charge in [0.1, 0.15) is 18.9 Å². The first-order chi connectivity index (χ1) is 16.2. The van der Waals surface area contributed by atoms with Gasteiger partial charge in [-0.3, -0.25) is 9.78 Å². The van der Waals surface area contributed by atoms with E-state index in [1.165, 1.54) is 0 Å². The number of hydrogen-bond acceptors (Lipinski definition) is 3. The summed E-state index contributed by atoms with van der Waals surface area (Å²) in [6, 6.07) is 18.2. The molecule has 34 heavy (non-hydrogen) atoms. The third-order valence-corrected chi connectivity index (χ3v) is 7.34. The number of nitrogens with one attached hydrogen (secondary N) is 1. The molecule has 0 amide bonds. The van der Waals surface area contributed by atoms with Gasteiger partial charge in [-0.1, -0.05) is 48.0 Å². The van der Waals surface area contributed by atoms with Gasteiger partial charge in [0, 0.05) is 16.7 Å². The number of aromatic amines is 1. The molecule has 5 rings (SSSR count). The first kappa shape index (κ1) is 22.6. The van der Waals surface area contributed by atoms with Gasteiger partial charge >= 0.3 is 5.97 Å². The van der Waals surface area contributed by atoms with E-state index in [1.54, 1.807) is 0 Å². The number of carboxylic acid groups (broad SMARTS) is 1. The lowest BCUT2D eigenvalue weighted by atomic mass is 10.1. The predicted octanol–water partition coefficient (Wildman–Crippen LogP) is 5.37. The Labute approximate surface area is 206 Å². The number of aromatic nitrogens is 3. The van der Waals surface area contributed by atoms with E-state index in [-0.39, 0.29) is 11.3 Å². The molecule has 1 aliphatic rings. The van der Waals surface area contributed by atoms with Crippen molar-refractivity contribution in [2.45, 2.75) is 39.8 Å². The van der Waals surface area contributed by atoms with Crippen molar-refractivity contribution in [3.63, 3.8) is 0 Å². The van der Waals surface area contributed by atoms with Gasteiger partial charge in [0.05, 0.1) is 17.5 Å². The number of carbonyl (C=O) groups is 1. The van der Waals surface area contributed by atoms with Crippen LogP contribution in [0.2, 0.25) is 0 Å². The molecule has 2 aromatic heterocycles. The zero-order chi connectivity index (χ0) is 24.0. The number of halogens is 1. The van der Waals surface area contributed by atoms with Crippen molar-refractivity contribution >= 4 is 32.9 Å². The van der Waals surface area contributed by atoms with Crippen molar-refractivity contribution in [1.29, 1.82) is 0 Å². The minimum Gasteiger partial charge on any atom is -0.487 e. The lowest BCUT2D eigenvalue weighted by Gasteiger charge is -2.07. The lowest BCUT2D eigenvalue weighted by Crippen LogP contribution is -2.38. The Morgan fingerprint density at radius 2 is 1.94 bits per heavy atom. The maximum Gasteiger partial charge on any atom is 0.308 e. The highest BCUT2D eigenvalue weighted by Gasteiger charge is 2.67.